The minimum atomic E-state index is -0.972. The van der Waals surface area contributed by atoms with Crippen LogP contribution in [0.25, 0.3) is 10.6 Å². The first-order valence-corrected chi connectivity index (χ1v) is 9.58. The van der Waals surface area contributed by atoms with Crippen LogP contribution >= 0.6 is 22.9 Å². The number of halogens is 1. The van der Waals surface area contributed by atoms with E-state index in [9.17, 15) is 14.4 Å². The van der Waals surface area contributed by atoms with Gasteiger partial charge in [0.15, 0.2) is 0 Å². The molecule has 2 heterocycles. The zero-order valence-corrected chi connectivity index (χ0v) is 16.4. The molecule has 0 spiro atoms. The zero-order valence-electron chi connectivity index (χ0n) is 14.8. The highest BCUT2D eigenvalue weighted by molar-refractivity contribution is 7.13. The lowest BCUT2D eigenvalue weighted by Gasteiger charge is -2.18. The van der Waals surface area contributed by atoms with Crippen molar-refractivity contribution >= 4 is 40.8 Å². The molecule has 1 N–H and O–H groups in total. The van der Waals surface area contributed by atoms with Gasteiger partial charge in [0.1, 0.15) is 23.7 Å². The van der Waals surface area contributed by atoms with Gasteiger partial charge in [-0.25, -0.2) is 9.78 Å². The summed E-state index contributed by atoms with van der Waals surface area (Å²) >= 11 is 7.30. The summed E-state index contributed by atoms with van der Waals surface area (Å²) in [5, 5.41) is 5.81. The van der Waals surface area contributed by atoms with Crippen molar-refractivity contribution in [3.8, 4) is 10.6 Å². The van der Waals surface area contributed by atoms with E-state index < -0.39 is 30.0 Å². The normalized spacial score (nSPS) is 19.3. The van der Waals surface area contributed by atoms with Gasteiger partial charge >= 0.3 is 12.0 Å². The number of benzene rings is 1. The Kier molecular flexibility index (Phi) is 5.48. The molecule has 1 aromatic heterocycles. The molecule has 2 aromatic rings. The number of amides is 3. The Balaban J connectivity index is 1.56. The molecule has 0 saturated carbocycles. The van der Waals surface area contributed by atoms with Gasteiger partial charge in [-0.1, -0.05) is 30.7 Å². The zero-order chi connectivity index (χ0) is 19.6. The van der Waals surface area contributed by atoms with Gasteiger partial charge in [0.2, 0.25) is 0 Å². The lowest BCUT2D eigenvalue weighted by atomic mass is 9.99. The van der Waals surface area contributed by atoms with Crippen LogP contribution in [0, 0.1) is 0 Å². The first-order chi connectivity index (χ1) is 12.8. The molecule has 1 aromatic carbocycles. The van der Waals surface area contributed by atoms with E-state index in [1.165, 1.54) is 11.3 Å². The van der Waals surface area contributed by atoms with Crippen molar-refractivity contribution in [1.29, 1.82) is 0 Å². The highest BCUT2D eigenvalue weighted by Crippen LogP contribution is 2.25. The first-order valence-electron chi connectivity index (χ1n) is 8.32. The van der Waals surface area contributed by atoms with Crippen molar-refractivity contribution in [3.05, 3.63) is 40.4 Å². The number of ether oxygens (including phenoxy) is 1. The Hall–Kier alpha value is -2.45. The van der Waals surface area contributed by atoms with E-state index in [-0.39, 0.29) is 6.61 Å². The highest BCUT2D eigenvalue weighted by Gasteiger charge is 2.47. The minimum absolute atomic E-state index is 0.0301. The third kappa shape index (κ3) is 4.12. The molecule has 0 bridgehead atoms. The fourth-order valence-electron chi connectivity index (χ4n) is 2.56. The van der Waals surface area contributed by atoms with Crippen LogP contribution in [-0.2, 0) is 20.9 Å². The van der Waals surface area contributed by atoms with Crippen molar-refractivity contribution in [2.45, 2.75) is 32.4 Å². The monoisotopic (exact) mass is 407 g/mol. The SMILES string of the molecule is CC[C@@]1(C)NC(=O)N(CC(=O)OCc2csc(-c3ccc(Cl)cc3)n2)C1=O. The number of aromatic nitrogens is 1. The summed E-state index contributed by atoms with van der Waals surface area (Å²) in [5.41, 5.74) is 0.536. The maximum absolute atomic E-state index is 12.3. The molecule has 7 nitrogen and oxygen atoms in total. The van der Waals surface area contributed by atoms with Gasteiger partial charge < -0.3 is 10.1 Å². The largest absolute Gasteiger partial charge is 0.458 e. The van der Waals surface area contributed by atoms with Crippen LogP contribution in [0.3, 0.4) is 0 Å². The quantitative estimate of drug-likeness (QED) is 0.586. The second-order valence-corrected chi connectivity index (χ2v) is 7.61. The molecule has 1 atom stereocenters. The number of carbonyl (C=O) groups excluding carboxylic acids is 3. The fraction of sp³-hybridized carbons (Fsp3) is 0.333. The van der Waals surface area contributed by atoms with Gasteiger partial charge in [0.05, 0.1) is 5.69 Å². The van der Waals surface area contributed by atoms with Crippen LogP contribution in [0.2, 0.25) is 5.02 Å². The molecule has 9 heteroatoms. The molecule has 3 amide bonds. The van der Waals surface area contributed by atoms with Gasteiger partial charge in [0.25, 0.3) is 5.91 Å². The Morgan fingerprint density at radius 1 is 1.33 bits per heavy atom. The van der Waals surface area contributed by atoms with Gasteiger partial charge in [-0.2, -0.15) is 0 Å². The number of carbonyl (C=O) groups is 3. The number of esters is 1. The van der Waals surface area contributed by atoms with Crippen molar-refractivity contribution < 1.29 is 19.1 Å². The number of urea groups is 1. The summed E-state index contributed by atoms with van der Waals surface area (Å²) in [6.07, 6.45) is 0.440. The summed E-state index contributed by atoms with van der Waals surface area (Å²) in [7, 11) is 0. The second-order valence-electron chi connectivity index (χ2n) is 6.32. The number of imide groups is 1. The molecule has 1 aliphatic rings. The second kappa shape index (κ2) is 7.66. The van der Waals surface area contributed by atoms with E-state index in [1.807, 2.05) is 12.1 Å². The number of thiazole rings is 1. The Morgan fingerprint density at radius 2 is 2.04 bits per heavy atom. The molecule has 0 unspecified atom stereocenters. The summed E-state index contributed by atoms with van der Waals surface area (Å²) < 4.78 is 5.17. The molecule has 1 fully saturated rings. The fourth-order valence-corrected chi connectivity index (χ4v) is 3.49. The van der Waals surface area contributed by atoms with Crippen LogP contribution in [-0.4, -0.2) is 39.9 Å². The summed E-state index contributed by atoms with van der Waals surface area (Å²) in [5.74, 6) is -1.09. The molecule has 142 valence electrons. The molecular formula is C18H18ClN3O4S. The predicted octanol–water partition coefficient (Wildman–Crippen LogP) is 3.23. The average molecular weight is 408 g/mol. The third-order valence-electron chi connectivity index (χ3n) is 4.36. The summed E-state index contributed by atoms with van der Waals surface area (Å²) in [6.45, 7) is 2.97. The van der Waals surface area contributed by atoms with Crippen molar-refractivity contribution in [3.63, 3.8) is 0 Å². The number of nitrogens with one attached hydrogen (secondary N) is 1. The summed E-state index contributed by atoms with van der Waals surface area (Å²) in [4.78, 5) is 41.5. The van der Waals surface area contributed by atoms with Crippen LogP contribution in [0.4, 0.5) is 4.79 Å². The topological polar surface area (TPSA) is 88.6 Å². The molecule has 3 rings (SSSR count). The van der Waals surface area contributed by atoms with E-state index in [1.54, 1.807) is 31.4 Å². The Morgan fingerprint density at radius 3 is 2.67 bits per heavy atom. The first kappa shape index (κ1) is 19.3. The lowest BCUT2D eigenvalue weighted by Crippen LogP contribution is -2.43. The molecule has 1 saturated heterocycles. The van der Waals surface area contributed by atoms with Crippen molar-refractivity contribution in [2.24, 2.45) is 0 Å². The van der Waals surface area contributed by atoms with Crippen LogP contribution < -0.4 is 5.32 Å². The van der Waals surface area contributed by atoms with Gasteiger partial charge in [-0.05, 0) is 25.5 Å². The highest BCUT2D eigenvalue weighted by atomic mass is 35.5. The number of nitrogens with zero attached hydrogens (tertiary/aromatic N) is 2. The average Bonchev–Trinajstić information content (AvgIpc) is 3.20. The molecular weight excluding hydrogens is 390 g/mol. The number of hydrogen-bond donors (Lipinski definition) is 1. The minimum Gasteiger partial charge on any atom is -0.458 e. The lowest BCUT2D eigenvalue weighted by molar-refractivity contribution is -0.148. The number of rotatable bonds is 6. The van der Waals surface area contributed by atoms with E-state index in [0.717, 1.165) is 15.5 Å². The third-order valence-corrected chi connectivity index (χ3v) is 5.56. The van der Waals surface area contributed by atoms with E-state index in [4.69, 9.17) is 16.3 Å². The molecule has 1 aliphatic heterocycles. The number of hydrogen-bond acceptors (Lipinski definition) is 6. The van der Waals surface area contributed by atoms with Crippen LogP contribution in [0.1, 0.15) is 26.0 Å². The van der Waals surface area contributed by atoms with Gasteiger partial charge in [0, 0.05) is 16.0 Å². The molecule has 0 radical (unpaired) electrons. The smallest absolute Gasteiger partial charge is 0.326 e. The van der Waals surface area contributed by atoms with Crippen LogP contribution in [0.15, 0.2) is 29.6 Å². The van der Waals surface area contributed by atoms with E-state index >= 15 is 0 Å². The van der Waals surface area contributed by atoms with Crippen molar-refractivity contribution in [1.82, 2.24) is 15.2 Å². The van der Waals surface area contributed by atoms with Crippen molar-refractivity contribution in [2.75, 3.05) is 6.54 Å². The van der Waals surface area contributed by atoms with Crippen LogP contribution in [0.5, 0.6) is 0 Å². The summed E-state index contributed by atoms with van der Waals surface area (Å²) in [6, 6.07) is 6.69. The standard InChI is InChI=1S/C18H18ClN3O4S/c1-3-18(2)16(24)22(17(25)21-18)8-14(23)26-9-13-10-27-15(20-13)11-4-6-12(19)7-5-11/h4-7,10H,3,8-9H2,1-2H3,(H,21,25)/t18-/m1/s1. The Bertz CT molecular complexity index is 883. The van der Waals surface area contributed by atoms with Gasteiger partial charge in [-0.15, -0.1) is 11.3 Å². The maximum atomic E-state index is 12.3. The molecule has 0 aliphatic carbocycles. The predicted molar refractivity (Wildman–Crippen MR) is 101 cm³/mol. The maximum Gasteiger partial charge on any atom is 0.326 e. The van der Waals surface area contributed by atoms with E-state index in [0.29, 0.717) is 17.1 Å². The van der Waals surface area contributed by atoms with Gasteiger partial charge in [-0.3, -0.25) is 14.5 Å². The molecule has 27 heavy (non-hydrogen) atoms. The van der Waals surface area contributed by atoms with E-state index in [2.05, 4.69) is 10.3 Å². The Labute approximate surface area is 165 Å².